The number of rotatable bonds is 3. The minimum atomic E-state index is -0.237. The van der Waals surface area contributed by atoms with Crippen LogP contribution in [0.2, 0.25) is 0 Å². The molecule has 3 aromatic heterocycles. The van der Waals surface area contributed by atoms with Crippen molar-refractivity contribution in [2.45, 2.75) is 37.6 Å². The minimum absolute atomic E-state index is 0.224. The van der Waals surface area contributed by atoms with E-state index in [4.69, 9.17) is 8.83 Å². The van der Waals surface area contributed by atoms with Crippen LogP contribution >= 0.6 is 0 Å². The number of benzene rings is 6. The molecule has 1 aliphatic heterocycles. The molecule has 3 atom stereocenters. The average molecular weight is 697 g/mol. The van der Waals surface area contributed by atoms with Crippen LogP contribution in [0, 0.1) is 0 Å². The van der Waals surface area contributed by atoms with Crippen LogP contribution in [-0.2, 0) is 0 Å². The first kappa shape index (κ1) is 30.0. The minimum Gasteiger partial charge on any atom is -0.456 e. The standard InChI is InChI=1S/C50H36N2O2/c1-30-25-32(27-40-35-11-3-6-15-43(35)51(49(30)40)33-19-22-47-38(28-33)36-12-4-7-16-45(36)53-47)31-18-21-44-41(26-31)42-14-9-10-24-50(42,2)52(44)34-20-23-48-39(29-34)37-13-5-8-17-46(37)54-48/h3-24,26-30,42H,25H2,1-2H3. The quantitative estimate of drug-likeness (QED) is 0.184. The van der Waals surface area contributed by atoms with Crippen molar-refractivity contribution in [1.82, 2.24) is 4.57 Å². The first-order valence-electron chi connectivity index (χ1n) is 19.0. The first-order chi connectivity index (χ1) is 26.5. The lowest BCUT2D eigenvalue weighted by atomic mass is 9.79. The molecule has 0 amide bonds. The summed E-state index contributed by atoms with van der Waals surface area (Å²) >= 11 is 0. The van der Waals surface area contributed by atoms with Gasteiger partial charge in [0.05, 0.1) is 11.1 Å². The molecule has 0 N–H and O–H groups in total. The van der Waals surface area contributed by atoms with Crippen molar-refractivity contribution in [2.75, 3.05) is 4.90 Å². The Labute approximate surface area is 312 Å². The van der Waals surface area contributed by atoms with E-state index in [1.165, 1.54) is 55.9 Å². The third-order valence-corrected chi connectivity index (χ3v) is 12.4. The number of nitrogens with zero attached hydrogens (tertiary/aromatic N) is 2. The lowest BCUT2D eigenvalue weighted by Crippen LogP contribution is -2.41. The van der Waals surface area contributed by atoms with Crippen LogP contribution in [0.5, 0.6) is 0 Å². The van der Waals surface area contributed by atoms with Gasteiger partial charge in [-0.2, -0.15) is 0 Å². The molecule has 0 saturated heterocycles. The van der Waals surface area contributed by atoms with E-state index in [0.29, 0.717) is 5.92 Å². The Balaban J connectivity index is 0.997. The van der Waals surface area contributed by atoms with Gasteiger partial charge < -0.3 is 18.3 Å². The molecule has 3 aliphatic rings. The third kappa shape index (κ3) is 4.03. The van der Waals surface area contributed by atoms with E-state index < -0.39 is 0 Å². The van der Waals surface area contributed by atoms with Gasteiger partial charge in [-0.05, 0) is 103 Å². The highest BCUT2D eigenvalue weighted by molar-refractivity contribution is 6.07. The topological polar surface area (TPSA) is 34.5 Å². The molecule has 12 rings (SSSR count). The second-order valence-corrected chi connectivity index (χ2v) is 15.5. The van der Waals surface area contributed by atoms with E-state index in [1.807, 2.05) is 12.1 Å². The molecule has 54 heavy (non-hydrogen) atoms. The average Bonchev–Trinajstić information content (AvgIpc) is 3.93. The fraction of sp³-hybridized carbons (Fsp3) is 0.120. The van der Waals surface area contributed by atoms with Crippen molar-refractivity contribution >= 4 is 77.8 Å². The summed E-state index contributed by atoms with van der Waals surface area (Å²) in [6.45, 7) is 4.77. The van der Waals surface area contributed by atoms with E-state index in [1.54, 1.807) is 0 Å². The summed E-state index contributed by atoms with van der Waals surface area (Å²) in [6, 6.07) is 46.1. The summed E-state index contributed by atoms with van der Waals surface area (Å²) < 4.78 is 14.9. The van der Waals surface area contributed by atoms with Gasteiger partial charge in [0.2, 0.25) is 0 Å². The molecule has 4 nitrogen and oxygen atoms in total. The Kier molecular flexibility index (Phi) is 5.98. The maximum atomic E-state index is 6.22. The molecule has 6 aromatic carbocycles. The highest BCUT2D eigenvalue weighted by Gasteiger charge is 2.47. The molecule has 0 saturated carbocycles. The molecule has 0 fully saturated rings. The molecule has 2 aliphatic carbocycles. The molecule has 9 aromatic rings. The highest BCUT2D eigenvalue weighted by Crippen LogP contribution is 2.55. The lowest BCUT2D eigenvalue weighted by Gasteiger charge is -2.39. The first-order valence-corrected chi connectivity index (χ1v) is 19.0. The van der Waals surface area contributed by atoms with Gasteiger partial charge in [-0.25, -0.2) is 0 Å². The van der Waals surface area contributed by atoms with Gasteiger partial charge in [-0.1, -0.05) is 91.9 Å². The van der Waals surface area contributed by atoms with Gasteiger partial charge in [-0.15, -0.1) is 0 Å². The monoisotopic (exact) mass is 696 g/mol. The molecule has 258 valence electrons. The van der Waals surface area contributed by atoms with Crippen LogP contribution in [0.3, 0.4) is 0 Å². The summed E-state index contributed by atoms with van der Waals surface area (Å²) in [4.78, 5) is 2.54. The van der Waals surface area contributed by atoms with E-state index >= 15 is 0 Å². The molecule has 0 spiro atoms. The van der Waals surface area contributed by atoms with Crippen molar-refractivity contribution in [3.8, 4) is 5.69 Å². The van der Waals surface area contributed by atoms with Gasteiger partial charge in [0.15, 0.2) is 0 Å². The van der Waals surface area contributed by atoms with Gasteiger partial charge in [0.25, 0.3) is 0 Å². The summed E-state index contributed by atoms with van der Waals surface area (Å²) in [5, 5.41) is 5.90. The van der Waals surface area contributed by atoms with Crippen molar-refractivity contribution < 1.29 is 8.83 Å². The number of furan rings is 2. The second-order valence-electron chi connectivity index (χ2n) is 15.5. The van der Waals surface area contributed by atoms with Crippen molar-refractivity contribution in [1.29, 1.82) is 0 Å². The van der Waals surface area contributed by atoms with Crippen molar-refractivity contribution in [3.05, 3.63) is 174 Å². The van der Waals surface area contributed by atoms with E-state index in [2.05, 4.69) is 169 Å². The molecular formula is C50H36N2O2. The van der Waals surface area contributed by atoms with E-state index in [0.717, 1.165) is 50.3 Å². The second kappa shape index (κ2) is 10.8. The molecular weight excluding hydrogens is 661 g/mol. The zero-order chi connectivity index (χ0) is 35.7. The molecule has 3 unspecified atom stereocenters. The van der Waals surface area contributed by atoms with Crippen LogP contribution in [0.1, 0.15) is 54.5 Å². The van der Waals surface area contributed by atoms with Gasteiger partial charge >= 0.3 is 0 Å². The number of anilines is 2. The summed E-state index contributed by atoms with van der Waals surface area (Å²) in [7, 11) is 0. The highest BCUT2D eigenvalue weighted by atomic mass is 16.3. The zero-order valence-electron chi connectivity index (χ0n) is 30.1. The number of hydrogen-bond acceptors (Lipinski definition) is 3. The molecule has 0 bridgehead atoms. The van der Waals surface area contributed by atoms with Crippen LogP contribution in [0.4, 0.5) is 11.4 Å². The Morgan fingerprint density at radius 1 is 0.630 bits per heavy atom. The Morgan fingerprint density at radius 3 is 2.04 bits per heavy atom. The summed E-state index contributed by atoms with van der Waals surface area (Å²) in [6.07, 6.45) is 12.6. The van der Waals surface area contributed by atoms with Crippen molar-refractivity contribution in [2.24, 2.45) is 0 Å². The number of aromatic nitrogens is 1. The molecule has 0 radical (unpaired) electrons. The Hall–Kier alpha value is -6.52. The van der Waals surface area contributed by atoms with Crippen LogP contribution in [0.15, 0.2) is 161 Å². The Bertz CT molecular complexity index is 3150. The molecule has 4 heteroatoms. The third-order valence-electron chi connectivity index (χ3n) is 12.4. The fourth-order valence-corrected chi connectivity index (χ4v) is 10.0. The number of allylic oxidation sites excluding steroid dienone is 3. The predicted octanol–water partition coefficient (Wildman–Crippen LogP) is 13.6. The normalized spacial score (nSPS) is 20.3. The predicted molar refractivity (Wildman–Crippen MR) is 223 cm³/mol. The Morgan fingerprint density at radius 2 is 1.28 bits per heavy atom. The van der Waals surface area contributed by atoms with Gasteiger partial charge in [-0.3, -0.25) is 0 Å². The zero-order valence-corrected chi connectivity index (χ0v) is 30.1. The fourth-order valence-electron chi connectivity index (χ4n) is 10.0. The maximum absolute atomic E-state index is 6.22. The number of para-hydroxylation sites is 3. The van der Waals surface area contributed by atoms with Gasteiger partial charge in [0, 0.05) is 67.1 Å². The van der Waals surface area contributed by atoms with E-state index in [9.17, 15) is 0 Å². The number of hydrogen-bond donors (Lipinski definition) is 0. The van der Waals surface area contributed by atoms with Crippen LogP contribution < -0.4 is 4.90 Å². The van der Waals surface area contributed by atoms with E-state index in [-0.39, 0.29) is 11.5 Å². The number of fused-ring (bicyclic) bond motifs is 12. The largest absolute Gasteiger partial charge is 0.456 e. The van der Waals surface area contributed by atoms with Crippen molar-refractivity contribution in [3.63, 3.8) is 0 Å². The summed E-state index contributed by atoms with van der Waals surface area (Å²) in [5.74, 6) is 0.537. The summed E-state index contributed by atoms with van der Waals surface area (Å²) in [5.41, 5.74) is 15.1. The van der Waals surface area contributed by atoms with Crippen LogP contribution in [-0.4, -0.2) is 10.1 Å². The van der Waals surface area contributed by atoms with Gasteiger partial charge in [0.1, 0.15) is 22.3 Å². The SMILES string of the molecule is CC1CC(c2ccc3c(c2)C2C=CC=CC2(C)N3c2ccc3oc4ccccc4c3c2)=Cc2c1n(-c1ccc3oc4ccccc4c3c1)c1ccccc21. The lowest BCUT2D eigenvalue weighted by molar-refractivity contribution is 0.542. The van der Waals surface area contributed by atoms with Crippen LogP contribution in [0.25, 0.3) is 72.1 Å². The smallest absolute Gasteiger partial charge is 0.135 e. The maximum Gasteiger partial charge on any atom is 0.135 e. The molecule has 4 heterocycles.